The van der Waals surface area contributed by atoms with E-state index >= 15 is 0 Å². The number of halogens is 1. The van der Waals surface area contributed by atoms with E-state index < -0.39 is 15.8 Å². The molecule has 0 saturated carbocycles. The summed E-state index contributed by atoms with van der Waals surface area (Å²) in [5, 5.41) is 0. The molecule has 0 spiro atoms. The number of para-hydroxylation sites is 1. The van der Waals surface area contributed by atoms with Crippen LogP contribution in [0.5, 0.6) is 17.4 Å². The van der Waals surface area contributed by atoms with E-state index in [2.05, 4.69) is 9.97 Å². The number of aryl methyl sites for hydroxylation is 1. The summed E-state index contributed by atoms with van der Waals surface area (Å²) in [5.41, 5.74) is 0. The maximum absolute atomic E-state index is 14.0. The van der Waals surface area contributed by atoms with Crippen molar-refractivity contribution in [1.82, 2.24) is 14.3 Å². The van der Waals surface area contributed by atoms with Crippen molar-refractivity contribution < 1.29 is 22.3 Å². The monoisotopic (exact) mass is 458 g/mol. The topological polar surface area (TPSA) is 84.9 Å². The van der Waals surface area contributed by atoms with E-state index in [1.54, 1.807) is 13.0 Å². The molecule has 3 aromatic rings. The summed E-state index contributed by atoms with van der Waals surface area (Å²) in [6.45, 7) is 3.13. The first-order valence-electron chi connectivity index (χ1n) is 10.0. The Balaban J connectivity index is 1.47. The van der Waals surface area contributed by atoms with Crippen LogP contribution in [0.4, 0.5) is 10.2 Å². The van der Waals surface area contributed by atoms with Gasteiger partial charge in [0.1, 0.15) is 17.4 Å². The zero-order valence-corrected chi connectivity index (χ0v) is 18.5. The number of hydrogen-bond donors (Lipinski definition) is 0. The highest BCUT2D eigenvalue weighted by molar-refractivity contribution is 7.89. The molecule has 0 unspecified atom stereocenters. The lowest BCUT2D eigenvalue weighted by atomic mass is 10.3. The fraction of sp³-hybridized carbons (Fsp3) is 0.273. The molecule has 10 heteroatoms. The number of sulfonamides is 1. The number of aromatic nitrogens is 2. The van der Waals surface area contributed by atoms with Gasteiger partial charge in [-0.2, -0.15) is 9.29 Å². The molecule has 0 amide bonds. The fourth-order valence-corrected chi connectivity index (χ4v) is 4.90. The van der Waals surface area contributed by atoms with Gasteiger partial charge in [0, 0.05) is 32.2 Å². The van der Waals surface area contributed by atoms with Gasteiger partial charge in [0.25, 0.3) is 0 Å². The summed E-state index contributed by atoms with van der Waals surface area (Å²) in [7, 11) is -2.49. The Labute approximate surface area is 186 Å². The lowest BCUT2D eigenvalue weighted by molar-refractivity contribution is 0.378. The van der Waals surface area contributed by atoms with E-state index in [1.807, 2.05) is 35.2 Å². The molecule has 1 fully saturated rings. The van der Waals surface area contributed by atoms with Gasteiger partial charge in [0.15, 0.2) is 11.6 Å². The fourth-order valence-electron chi connectivity index (χ4n) is 3.46. The van der Waals surface area contributed by atoms with Crippen LogP contribution in [0, 0.1) is 12.7 Å². The predicted octanol–water partition coefficient (Wildman–Crippen LogP) is 3.24. The molecule has 2 aromatic carbocycles. The minimum atomic E-state index is -3.82. The number of anilines is 1. The molecule has 0 atom stereocenters. The van der Waals surface area contributed by atoms with Gasteiger partial charge in [0.2, 0.25) is 15.9 Å². The third-order valence-electron chi connectivity index (χ3n) is 5.09. The molecule has 0 aliphatic carbocycles. The summed E-state index contributed by atoms with van der Waals surface area (Å²) in [4.78, 5) is 10.7. The summed E-state index contributed by atoms with van der Waals surface area (Å²) >= 11 is 0. The van der Waals surface area contributed by atoms with Gasteiger partial charge in [-0.15, -0.1) is 0 Å². The van der Waals surface area contributed by atoms with E-state index in [1.165, 1.54) is 23.5 Å². The third kappa shape index (κ3) is 4.66. The molecule has 2 heterocycles. The summed E-state index contributed by atoms with van der Waals surface area (Å²) in [6.07, 6.45) is 0. The van der Waals surface area contributed by atoms with Gasteiger partial charge in [0.05, 0.1) is 12.0 Å². The van der Waals surface area contributed by atoms with Crippen molar-refractivity contribution in [3.63, 3.8) is 0 Å². The Morgan fingerprint density at radius 3 is 2.34 bits per heavy atom. The highest BCUT2D eigenvalue weighted by Crippen LogP contribution is 2.26. The Morgan fingerprint density at radius 2 is 1.69 bits per heavy atom. The molecule has 32 heavy (non-hydrogen) atoms. The maximum atomic E-state index is 14.0. The quantitative estimate of drug-likeness (QED) is 0.561. The standard InChI is InChI=1S/C22H23FN4O4S/c1-16-24-21(15-22(25-16)31-17-6-4-3-5-7-17)26-10-12-27(13-11-26)32(28,29)18-8-9-20(30-2)19(23)14-18/h3-9,14-15H,10-13H2,1-2H3. The Kier molecular flexibility index (Phi) is 6.24. The largest absolute Gasteiger partial charge is 0.494 e. The average molecular weight is 459 g/mol. The molecule has 0 N–H and O–H groups in total. The Bertz CT molecular complexity index is 1200. The van der Waals surface area contributed by atoms with Gasteiger partial charge in [-0.25, -0.2) is 17.8 Å². The van der Waals surface area contributed by atoms with Gasteiger partial charge in [-0.3, -0.25) is 0 Å². The van der Waals surface area contributed by atoms with E-state index in [4.69, 9.17) is 9.47 Å². The predicted molar refractivity (Wildman–Crippen MR) is 117 cm³/mol. The molecule has 1 aromatic heterocycles. The lowest BCUT2D eigenvalue weighted by Crippen LogP contribution is -2.49. The molecule has 8 nitrogen and oxygen atoms in total. The van der Waals surface area contributed by atoms with Crippen molar-refractivity contribution in [2.45, 2.75) is 11.8 Å². The maximum Gasteiger partial charge on any atom is 0.243 e. The smallest absolute Gasteiger partial charge is 0.243 e. The molecular weight excluding hydrogens is 435 g/mol. The number of rotatable bonds is 6. The number of piperazine rings is 1. The second kappa shape index (κ2) is 9.09. The third-order valence-corrected chi connectivity index (χ3v) is 6.98. The molecule has 168 valence electrons. The van der Waals surface area contributed by atoms with Crippen LogP contribution < -0.4 is 14.4 Å². The minimum Gasteiger partial charge on any atom is -0.494 e. The number of ether oxygens (including phenoxy) is 2. The SMILES string of the molecule is COc1ccc(S(=O)(=O)N2CCN(c3cc(Oc4ccccc4)nc(C)n3)CC2)cc1F. The van der Waals surface area contributed by atoms with Crippen LogP contribution in [-0.4, -0.2) is 56.0 Å². The van der Waals surface area contributed by atoms with E-state index in [-0.39, 0.29) is 23.7 Å². The van der Waals surface area contributed by atoms with E-state index in [9.17, 15) is 12.8 Å². The van der Waals surface area contributed by atoms with Crippen molar-refractivity contribution in [2.75, 3.05) is 38.2 Å². The van der Waals surface area contributed by atoms with Crippen LogP contribution in [0.2, 0.25) is 0 Å². The Hall–Kier alpha value is -3.24. The number of methoxy groups -OCH3 is 1. The van der Waals surface area contributed by atoms with Crippen molar-refractivity contribution in [1.29, 1.82) is 0 Å². The summed E-state index contributed by atoms with van der Waals surface area (Å²) in [5.74, 6) is 1.59. The molecule has 1 saturated heterocycles. The van der Waals surface area contributed by atoms with Gasteiger partial charge in [-0.05, 0) is 37.3 Å². The first kappa shape index (κ1) is 22.0. The minimum absolute atomic E-state index is 0.00132. The van der Waals surface area contributed by atoms with Gasteiger partial charge < -0.3 is 14.4 Å². The molecule has 4 rings (SSSR count). The van der Waals surface area contributed by atoms with Crippen molar-refractivity contribution in [3.05, 3.63) is 66.2 Å². The zero-order chi connectivity index (χ0) is 22.7. The second-order valence-corrected chi connectivity index (χ2v) is 9.15. The number of hydrogen-bond acceptors (Lipinski definition) is 7. The van der Waals surface area contributed by atoms with Crippen LogP contribution in [0.25, 0.3) is 0 Å². The molecular formula is C22H23FN4O4S. The summed E-state index contributed by atoms with van der Waals surface area (Å²) in [6, 6.07) is 14.7. The van der Waals surface area contributed by atoms with Gasteiger partial charge in [-0.1, -0.05) is 18.2 Å². The van der Waals surface area contributed by atoms with Crippen molar-refractivity contribution >= 4 is 15.8 Å². The van der Waals surface area contributed by atoms with Gasteiger partial charge >= 0.3 is 0 Å². The van der Waals surface area contributed by atoms with Crippen LogP contribution in [0.1, 0.15) is 5.82 Å². The highest BCUT2D eigenvalue weighted by Gasteiger charge is 2.30. The van der Waals surface area contributed by atoms with Crippen LogP contribution >= 0.6 is 0 Å². The van der Waals surface area contributed by atoms with Crippen molar-refractivity contribution in [2.24, 2.45) is 0 Å². The molecule has 1 aliphatic heterocycles. The van der Waals surface area contributed by atoms with E-state index in [0.717, 1.165) is 6.07 Å². The van der Waals surface area contributed by atoms with Crippen molar-refractivity contribution in [3.8, 4) is 17.4 Å². The first-order chi connectivity index (χ1) is 15.4. The zero-order valence-electron chi connectivity index (χ0n) is 17.7. The van der Waals surface area contributed by atoms with Crippen LogP contribution in [0.3, 0.4) is 0 Å². The molecule has 1 aliphatic rings. The second-order valence-electron chi connectivity index (χ2n) is 7.21. The van der Waals surface area contributed by atoms with E-state index in [0.29, 0.717) is 36.4 Å². The average Bonchev–Trinajstić information content (AvgIpc) is 2.79. The lowest BCUT2D eigenvalue weighted by Gasteiger charge is -2.34. The first-order valence-corrected chi connectivity index (χ1v) is 11.5. The highest BCUT2D eigenvalue weighted by atomic mass is 32.2. The molecule has 0 radical (unpaired) electrons. The van der Waals surface area contributed by atoms with Crippen LogP contribution in [-0.2, 0) is 10.0 Å². The van der Waals surface area contributed by atoms with Crippen LogP contribution in [0.15, 0.2) is 59.5 Å². The molecule has 0 bridgehead atoms. The summed E-state index contributed by atoms with van der Waals surface area (Å²) < 4.78 is 52.0. The normalized spacial score (nSPS) is 14.9. The number of benzene rings is 2. The number of nitrogens with zero attached hydrogens (tertiary/aromatic N) is 4. The Morgan fingerprint density at radius 1 is 0.969 bits per heavy atom.